The van der Waals surface area contributed by atoms with Gasteiger partial charge in [-0.2, -0.15) is 0 Å². The van der Waals surface area contributed by atoms with Gasteiger partial charge in [0, 0.05) is 0 Å². The third kappa shape index (κ3) is 4.17. The Morgan fingerprint density at radius 3 is 2.85 bits per heavy atom. The van der Waals surface area contributed by atoms with Gasteiger partial charge in [0.25, 0.3) is 5.91 Å². The maximum absolute atomic E-state index is 14.2. The maximum atomic E-state index is 14.2. The van der Waals surface area contributed by atoms with Crippen LogP contribution < -0.4 is 10.0 Å². The molecule has 0 spiro atoms. The van der Waals surface area contributed by atoms with Crippen LogP contribution in [0.1, 0.15) is 23.7 Å². The molecule has 0 fully saturated rings. The number of benzene rings is 1. The second-order valence-electron chi connectivity index (χ2n) is 5.66. The number of amides is 1. The van der Waals surface area contributed by atoms with Gasteiger partial charge in [0.15, 0.2) is 5.65 Å². The third-order valence-electron chi connectivity index (χ3n) is 3.59. The van der Waals surface area contributed by atoms with E-state index in [1.165, 1.54) is 18.6 Å². The topological polar surface area (TPSA) is 117 Å². The fourth-order valence-electron chi connectivity index (χ4n) is 2.42. The molecule has 0 saturated carbocycles. The van der Waals surface area contributed by atoms with E-state index in [4.69, 9.17) is 11.6 Å². The van der Waals surface area contributed by atoms with Crippen molar-refractivity contribution in [1.82, 2.24) is 15.0 Å². The Morgan fingerprint density at radius 1 is 1.33 bits per heavy atom. The lowest BCUT2D eigenvalue weighted by molar-refractivity contribution is 0.102. The number of sulfonamides is 1. The van der Waals surface area contributed by atoms with Gasteiger partial charge in [-0.3, -0.25) is 9.52 Å². The predicted octanol–water partition coefficient (Wildman–Crippen LogP) is 3.15. The van der Waals surface area contributed by atoms with Gasteiger partial charge >= 0.3 is 0 Å². The molecular formula is C16H15ClFN5O3S. The SMILES string of the molecule is CCCS(=O)(=O)Nc1ccc(F)c(C(=O)Nc2cnc3nc[nH]c3c2)c1Cl. The summed E-state index contributed by atoms with van der Waals surface area (Å²) in [7, 11) is -3.65. The van der Waals surface area contributed by atoms with Gasteiger partial charge < -0.3 is 10.3 Å². The molecule has 0 aliphatic carbocycles. The van der Waals surface area contributed by atoms with Crippen LogP contribution in [0.4, 0.5) is 15.8 Å². The van der Waals surface area contributed by atoms with E-state index in [0.717, 1.165) is 6.07 Å². The summed E-state index contributed by atoms with van der Waals surface area (Å²) in [6.45, 7) is 1.70. The van der Waals surface area contributed by atoms with Crippen molar-refractivity contribution in [3.63, 3.8) is 0 Å². The molecule has 142 valence electrons. The zero-order valence-corrected chi connectivity index (χ0v) is 15.7. The smallest absolute Gasteiger partial charge is 0.260 e. The number of rotatable bonds is 6. The largest absolute Gasteiger partial charge is 0.343 e. The lowest BCUT2D eigenvalue weighted by atomic mass is 10.1. The summed E-state index contributed by atoms with van der Waals surface area (Å²) < 4.78 is 40.3. The van der Waals surface area contributed by atoms with Crippen molar-refractivity contribution in [2.45, 2.75) is 13.3 Å². The number of imidazole rings is 1. The molecule has 3 aromatic rings. The Kier molecular flexibility index (Phi) is 5.29. The summed E-state index contributed by atoms with van der Waals surface area (Å²) in [6.07, 6.45) is 3.21. The highest BCUT2D eigenvalue weighted by atomic mass is 35.5. The standard InChI is InChI=1S/C16H15ClFN5O3S/c1-2-5-27(25,26)23-11-4-3-10(18)13(14(11)17)16(24)22-9-6-12-15(19-7-9)21-8-20-12/h3-4,6-8,23H,2,5H2,1H3,(H,22,24)(H,19,20,21). The Bertz CT molecular complexity index is 1120. The second kappa shape index (κ2) is 7.49. The summed E-state index contributed by atoms with van der Waals surface area (Å²) in [4.78, 5) is 23.4. The minimum atomic E-state index is -3.65. The first kappa shape index (κ1) is 19.1. The lowest BCUT2D eigenvalue weighted by Gasteiger charge is -2.13. The molecule has 2 heterocycles. The highest BCUT2D eigenvalue weighted by Gasteiger charge is 2.21. The number of hydrogen-bond acceptors (Lipinski definition) is 5. The molecule has 0 aliphatic heterocycles. The third-order valence-corrected chi connectivity index (χ3v) is 5.46. The van der Waals surface area contributed by atoms with Crippen LogP contribution in [0.25, 0.3) is 11.2 Å². The lowest BCUT2D eigenvalue weighted by Crippen LogP contribution is -2.19. The second-order valence-corrected chi connectivity index (χ2v) is 7.88. The average Bonchev–Trinajstić information content (AvgIpc) is 3.05. The molecule has 2 aromatic heterocycles. The normalized spacial score (nSPS) is 11.5. The molecule has 0 aliphatic rings. The number of halogens is 2. The minimum Gasteiger partial charge on any atom is -0.343 e. The zero-order valence-electron chi connectivity index (χ0n) is 14.1. The van der Waals surface area contributed by atoms with E-state index in [0.29, 0.717) is 23.3 Å². The quantitative estimate of drug-likeness (QED) is 0.576. The van der Waals surface area contributed by atoms with Crippen molar-refractivity contribution in [1.29, 1.82) is 0 Å². The van der Waals surface area contributed by atoms with E-state index >= 15 is 0 Å². The molecule has 0 radical (unpaired) electrons. The summed E-state index contributed by atoms with van der Waals surface area (Å²) in [5.74, 6) is -1.85. The van der Waals surface area contributed by atoms with Crippen molar-refractivity contribution < 1.29 is 17.6 Å². The maximum Gasteiger partial charge on any atom is 0.260 e. The molecule has 1 amide bonds. The summed E-state index contributed by atoms with van der Waals surface area (Å²) in [5, 5.41) is 2.16. The highest BCUT2D eigenvalue weighted by molar-refractivity contribution is 7.92. The van der Waals surface area contributed by atoms with Gasteiger partial charge in [-0.05, 0) is 24.6 Å². The highest BCUT2D eigenvalue weighted by Crippen LogP contribution is 2.30. The number of H-pyrrole nitrogens is 1. The van der Waals surface area contributed by atoms with Gasteiger partial charge in [0.1, 0.15) is 5.82 Å². The number of hydrogen-bond donors (Lipinski definition) is 3. The fourth-order valence-corrected chi connectivity index (χ4v) is 3.91. The number of nitrogens with one attached hydrogen (secondary N) is 3. The first-order chi connectivity index (χ1) is 12.8. The molecule has 0 atom stereocenters. The van der Waals surface area contributed by atoms with Crippen LogP contribution >= 0.6 is 11.6 Å². The molecule has 1 aromatic carbocycles. The Hall–Kier alpha value is -2.72. The fraction of sp³-hybridized carbons (Fsp3) is 0.188. The van der Waals surface area contributed by atoms with E-state index in [1.807, 2.05) is 0 Å². The molecule has 0 bridgehead atoms. The van der Waals surface area contributed by atoms with Gasteiger partial charge in [-0.15, -0.1) is 0 Å². The van der Waals surface area contributed by atoms with Crippen LogP contribution in [0.5, 0.6) is 0 Å². The summed E-state index contributed by atoms with van der Waals surface area (Å²) in [6, 6.07) is 3.72. The van der Waals surface area contributed by atoms with Crippen molar-refractivity contribution >= 4 is 50.1 Å². The van der Waals surface area contributed by atoms with Crippen molar-refractivity contribution in [2.75, 3.05) is 15.8 Å². The van der Waals surface area contributed by atoms with Gasteiger partial charge in [-0.25, -0.2) is 22.8 Å². The number of aromatic nitrogens is 3. The molecule has 3 N–H and O–H groups in total. The first-order valence-electron chi connectivity index (χ1n) is 7.89. The van der Waals surface area contributed by atoms with Crippen LogP contribution in [0.3, 0.4) is 0 Å². The molecular weight excluding hydrogens is 397 g/mol. The number of fused-ring (bicyclic) bond motifs is 1. The molecule has 3 rings (SSSR count). The van der Waals surface area contributed by atoms with E-state index in [9.17, 15) is 17.6 Å². The number of aromatic amines is 1. The molecule has 8 nitrogen and oxygen atoms in total. The molecule has 11 heteroatoms. The van der Waals surface area contributed by atoms with Gasteiger partial charge in [-0.1, -0.05) is 18.5 Å². The van der Waals surface area contributed by atoms with Crippen LogP contribution in [0.15, 0.2) is 30.7 Å². The van der Waals surface area contributed by atoms with E-state index < -0.39 is 27.3 Å². The van der Waals surface area contributed by atoms with Crippen LogP contribution in [-0.2, 0) is 10.0 Å². The summed E-state index contributed by atoms with van der Waals surface area (Å²) in [5.41, 5.74) is 0.797. The van der Waals surface area contributed by atoms with Crippen molar-refractivity contribution in [3.05, 3.63) is 47.1 Å². The molecule has 0 unspecified atom stereocenters. The Morgan fingerprint density at radius 2 is 2.11 bits per heavy atom. The number of carbonyl (C=O) groups is 1. The molecule has 0 saturated heterocycles. The number of anilines is 2. The number of carbonyl (C=O) groups excluding carboxylic acids is 1. The average molecular weight is 412 g/mol. The van der Waals surface area contributed by atoms with Crippen LogP contribution in [0.2, 0.25) is 5.02 Å². The van der Waals surface area contributed by atoms with Crippen molar-refractivity contribution in [3.8, 4) is 0 Å². The van der Waals surface area contributed by atoms with Gasteiger partial charge in [0.05, 0.1) is 45.8 Å². The summed E-state index contributed by atoms with van der Waals surface area (Å²) >= 11 is 6.10. The van der Waals surface area contributed by atoms with E-state index in [2.05, 4.69) is 25.0 Å². The Labute approximate surface area is 159 Å². The zero-order chi connectivity index (χ0) is 19.6. The Balaban J connectivity index is 1.90. The monoisotopic (exact) mass is 411 g/mol. The van der Waals surface area contributed by atoms with E-state index in [-0.39, 0.29) is 16.5 Å². The minimum absolute atomic E-state index is 0.0705. The number of pyridine rings is 1. The molecule has 27 heavy (non-hydrogen) atoms. The number of nitrogens with zero attached hydrogens (tertiary/aromatic N) is 2. The van der Waals surface area contributed by atoms with E-state index in [1.54, 1.807) is 13.0 Å². The first-order valence-corrected chi connectivity index (χ1v) is 9.92. The van der Waals surface area contributed by atoms with Crippen molar-refractivity contribution in [2.24, 2.45) is 0 Å². The van der Waals surface area contributed by atoms with Crippen LogP contribution in [-0.4, -0.2) is 35.0 Å². The van der Waals surface area contributed by atoms with Crippen LogP contribution in [0, 0.1) is 5.82 Å². The van der Waals surface area contributed by atoms with Gasteiger partial charge in [0.2, 0.25) is 10.0 Å². The predicted molar refractivity (Wildman–Crippen MR) is 101 cm³/mol.